The van der Waals surface area contributed by atoms with Crippen LogP contribution in [0.25, 0.3) is 10.2 Å². The van der Waals surface area contributed by atoms with E-state index in [0.29, 0.717) is 16.4 Å². The number of benzene rings is 2. The van der Waals surface area contributed by atoms with Crippen molar-refractivity contribution >= 4 is 50.7 Å². The highest BCUT2D eigenvalue weighted by molar-refractivity contribution is 7.16. The lowest BCUT2D eigenvalue weighted by molar-refractivity contribution is 0.0998. The standard InChI is InChI=1S/C16H11Cl2FN2OS/c1-2-21-13-6-4-10(19)8-14(13)23-16(21)20-15(22)11-5-3-9(17)7-12(11)18/h3-8H,2H2,1H3. The Morgan fingerprint density at radius 1 is 1.26 bits per heavy atom. The van der Waals surface area contributed by atoms with E-state index in [2.05, 4.69) is 4.99 Å². The lowest BCUT2D eigenvalue weighted by Crippen LogP contribution is -2.16. The van der Waals surface area contributed by atoms with Crippen molar-refractivity contribution in [1.82, 2.24) is 4.57 Å². The summed E-state index contributed by atoms with van der Waals surface area (Å²) in [6.45, 7) is 2.56. The number of hydrogen-bond donors (Lipinski definition) is 0. The molecule has 3 nitrogen and oxygen atoms in total. The number of carbonyl (C=O) groups excluding carboxylic acids is 1. The Bertz CT molecular complexity index is 978. The fourth-order valence-electron chi connectivity index (χ4n) is 2.25. The third-order valence-corrected chi connectivity index (χ3v) is 4.91. The van der Waals surface area contributed by atoms with Crippen LogP contribution in [0.3, 0.4) is 0 Å². The molecule has 0 aliphatic rings. The van der Waals surface area contributed by atoms with Crippen molar-refractivity contribution in [3.8, 4) is 0 Å². The Hall–Kier alpha value is -1.69. The van der Waals surface area contributed by atoms with Gasteiger partial charge in [-0.25, -0.2) is 4.39 Å². The van der Waals surface area contributed by atoms with E-state index >= 15 is 0 Å². The highest BCUT2D eigenvalue weighted by Crippen LogP contribution is 2.22. The van der Waals surface area contributed by atoms with Gasteiger partial charge in [0.2, 0.25) is 0 Å². The van der Waals surface area contributed by atoms with Gasteiger partial charge in [0.25, 0.3) is 5.91 Å². The molecule has 0 spiro atoms. The first-order valence-electron chi connectivity index (χ1n) is 6.82. The van der Waals surface area contributed by atoms with Crippen LogP contribution in [0.15, 0.2) is 41.4 Å². The molecule has 23 heavy (non-hydrogen) atoms. The molecule has 1 amide bonds. The van der Waals surface area contributed by atoms with Crippen LogP contribution in [0.4, 0.5) is 4.39 Å². The largest absolute Gasteiger partial charge is 0.317 e. The fourth-order valence-corrected chi connectivity index (χ4v) is 3.85. The molecular formula is C16H11Cl2FN2OS. The molecule has 1 aromatic heterocycles. The van der Waals surface area contributed by atoms with E-state index in [-0.39, 0.29) is 16.4 Å². The summed E-state index contributed by atoms with van der Waals surface area (Å²) in [4.78, 5) is 17.0. The first kappa shape index (κ1) is 16.2. The van der Waals surface area contributed by atoms with Crippen molar-refractivity contribution in [3.05, 3.63) is 62.6 Å². The van der Waals surface area contributed by atoms with E-state index in [1.54, 1.807) is 18.2 Å². The molecule has 3 aromatic rings. The van der Waals surface area contributed by atoms with Gasteiger partial charge in [0, 0.05) is 11.6 Å². The molecule has 1 heterocycles. The second-order valence-corrected chi connectivity index (χ2v) is 6.63. The van der Waals surface area contributed by atoms with Crippen molar-refractivity contribution in [1.29, 1.82) is 0 Å². The summed E-state index contributed by atoms with van der Waals surface area (Å²) in [5, 5.41) is 0.703. The summed E-state index contributed by atoms with van der Waals surface area (Å²) in [7, 11) is 0. The van der Waals surface area contributed by atoms with Gasteiger partial charge in [-0.3, -0.25) is 4.79 Å². The number of carbonyl (C=O) groups is 1. The molecule has 0 N–H and O–H groups in total. The van der Waals surface area contributed by atoms with Crippen LogP contribution >= 0.6 is 34.5 Å². The molecule has 3 rings (SSSR count). The SMILES string of the molecule is CCn1c(=NC(=O)c2ccc(Cl)cc2Cl)sc2cc(F)ccc21. The summed E-state index contributed by atoms with van der Waals surface area (Å²) >= 11 is 13.1. The summed E-state index contributed by atoms with van der Waals surface area (Å²) in [6, 6.07) is 9.14. The van der Waals surface area contributed by atoms with Crippen LogP contribution in [-0.4, -0.2) is 10.5 Å². The van der Waals surface area contributed by atoms with Crippen LogP contribution in [-0.2, 0) is 6.54 Å². The van der Waals surface area contributed by atoms with Gasteiger partial charge in [0.1, 0.15) is 5.82 Å². The minimum Gasteiger partial charge on any atom is -0.317 e. The number of halogens is 3. The third-order valence-electron chi connectivity index (χ3n) is 3.32. The van der Waals surface area contributed by atoms with Crippen LogP contribution in [0.5, 0.6) is 0 Å². The zero-order chi connectivity index (χ0) is 16.6. The molecule has 0 aliphatic heterocycles. The third kappa shape index (κ3) is 3.17. The molecule has 0 bridgehead atoms. The summed E-state index contributed by atoms with van der Waals surface area (Å²) in [5.74, 6) is -0.776. The smallest absolute Gasteiger partial charge is 0.281 e. The molecule has 0 saturated carbocycles. The van der Waals surface area contributed by atoms with E-state index < -0.39 is 5.91 Å². The van der Waals surface area contributed by atoms with Crippen molar-refractivity contribution in [2.45, 2.75) is 13.5 Å². The second kappa shape index (κ2) is 6.43. The Kier molecular flexibility index (Phi) is 4.53. The Morgan fingerprint density at radius 2 is 2.04 bits per heavy atom. The van der Waals surface area contributed by atoms with Gasteiger partial charge >= 0.3 is 0 Å². The number of thiazole rings is 1. The predicted octanol–water partition coefficient (Wildman–Crippen LogP) is 4.91. The molecule has 0 radical (unpaired) electrons. The summed E-state index contributed by atoms with van der Waals surface area (Å²) in [5.41, 5.74) is 1.12. The van der Waals surface area contributed by atoms with E-state index in [0.717, 1.165) is 10.2 Å². The maximum Gasteiger partial charge on any atom is 0.281 e. The van der Waals surface area contributed by atoms with Gasteiger partial charge in [-0.1, -0.05) is 34.5 Å². The highest BCUT2D eigenvalue weighted by Gasteiger charge is 2.12. The average molecular weight is 369 g/mol. The quantitative estimate of drug-likeness (QED) is 0.632. The number of fused-ring (bicyclic) bond motifs is 1. The van der Waals surface area contributed by atoms with E-state index in [1.807, 2.05) is 11.5 Å². The number of nitrogens with zero attached hydrogens (tertiary/aromatic N) is 2. The van der Waals surface area contributed by atoms with E-state index in [9.17, 15) is 9.18 Å². The lowest BCUT2D eigenvalue weighted by atomic mass is 10.2. The van der Waals surface area contributed by atoms with Crippen LogP contribution in [0.2, 0.25) is 10.0 Å². The normalized spacial score (nSPS) is 12.1. The minimum atomic E-state index is -0.458. The molecule has 118 valence electrons. The molecule has 0 fully saturated rings. The van der Waals surface area contributed by atoms with Crippen LogP contribution in [0.1, 0.15) is 17.3 Å². The molecular weight excluding hydrogens is 358 g/mol. The molecule has 7 heteroatoms. The molecule has 0 unspecified atom stereocenters. The topological polar surface area (TPSA) is 34.4 Å². The zero-order valence-corrected chi connectivity index (χ0v) is 14.3. The van der Waals surface area contributed by atoms with Gasteiger partial charge in [0.05, 0.1) is 20.8 Å². The average Bonchev–Trinajstić information content (AvgIpc) is 2.82. The van der Waals surface area contributed by atoms with Crippen molar-refractivity contribution < 1.29 is 9.18 Å². The van der Waals surface area contributed by atoms with Crippen LogP contribution < -0.4 is 4.80 Å². The number of rotatable bonds is 2. The Labute approximate surface area is 145 Å². The molecule has 0 aliphatic carbocycles. The monoisotopic (exact) mass is 368 g/mol. The highest BCUT2D eigenvalue weighted by atomic mass is 35.5. The number of amides is 1. The maximum atomic E-state index is 13.4. The lowest BCUT2D eigenvalue weighted by Gasteiger charge is -2.01. The van der Waals surface area contributed by atoms with Gasteiger partial charge in [-0.2, -0.15) is 4.99 Å². The predicted molar refractivity (Wildman–Crippen MR) is 91.8 cm³/mol. The maximum absolute atomic E-state index is 13.4. The number of aromatic nitrogens is 1. The second-order valence-electron chi connectivity index (χ2n) is 4.78. The fraction of sp³-hybridized carbons (Fsp3) is 0.125. The number of hydrogen-bond acceptors (Lipinski definition) is 2. The molecule has 0 atom stereocenters. The Balaban J connectivity index is 2.15. The van der Waals surface area contributed by atoms with Crippen molar-refractivity contribution in [3.63, 3.8) is 0 Å². The first-order chi connectivity index (χ1) is 11.0. The van der Waals surface area contributed by atoms with Crippen molar-refractivity contribution in [2.75, 3.05) is 0 Å². The summed E-state index contributed by atoms with van der Waals surface area (Å²) in [6.07, 6.45) is 0. The zero-order valence-electron chi connectivity index (χ0n) is 12.0. The van der Waals surface area contributed by atoms with Crippen molar-refractivity contribution in [2.24, 2.45) is 4.99 Å². The van der Waals surface area contributed by atoms with E-state index in [1.165, 1.54) is 29.5 Å². The van der Waals surface area contributed by atoms with Gasteiger partial charge in [-0.15, -0.1) is 0 Å². The summed E-state index contributed by atoms with van der Waals surface area (Å²) < 4.78 is 16.0. The van der Waals surface area contributed by atoms with Gasteiger partial charge in [-0.05, 0) is 43.3 Å². The molecule has 2 aromatic carbocycles. The van der Waals surface area contributed by atoms with Gasteiger partial charge in [0.15, 0.2) is 4.80 Å². The number of aryl methyl sites for hydroxylation is 1. The minimum absolute atomic E-state index is 0.251. The van der Waals surface area contributed by atoms with Crippen LogP contribution in [0, 0.1) is 5.82 Å². The Morgan fingerprint density at radius 3 is 2.74 bits per heavy atom. The van der Waals surface area contributed by atoms with E-state index in [4.69, 9.17) is 23.2 Å². The molecule has 0 saturated heterocycles. The van der Waals surface area contributed by atoms with Gasteiger partial charge < -0.3 is 4.57 Å². The first-order valence-corrected chi connectivity index (χ1v) is 8.40.